The molecular formula is C18H19N5O3. The summed E-state index contributed by atoms with van der Waals surface area (Å²) >= 11 is 0. The van der Waals surface area contributed by atoms with E-state index in [0.717, 1.165) is 11.3 Å². The fourth-order valence-corrected chi connectivity index (χ4v) is 2.63. The number of aromatic nitrogens is 2. The number of benzene rings is 1. The molecule has 1 fully saturated rings. The van der Waals surface area contributed by atoms with Gasteiger partial charge in [0, 0.05) is 31.1 Å². The Morgan fingerprint density at radius 3 is 2.69 bits per heavy atom. The van der Waals surface area contributed by atoms with E-state index in [9.17, 15) is 14.4 Å². The van der Waals surface area contributed by atoms with Crippen molar-refractivity contribution in [2.45, 2.75) is 25.3 Å². The lowest BCUT2D eigenvalue weighted by molar-refractivity contribution is -0.122. The maximum atomic E-state index is 11.9. The van der Waals surface area contributed by atoms with E-state index in [4.69, 9.17) is 0 Å². The molecule has 0 radical (unpaired) electrons. The van der Waals surface area contributed by atoms with Crippen LogP contribution in [0.1, 0.15) is 18.7 Å². The summed E-state index contributed by atoms with van der Waals surface area (Å²) in [4.78, 5) is 43.0. The highest BCUT2D eigenvalue weighted by Crippen LogP contribution is 2.15. The Balaban J connectivity index is 1.44. The summed E-state index contributed by atoms with van der Waals surface area (Å²) in [6.07, 6.45) is 2.63. The first-order valence-electron chi connectivity index (χ1n) is 8.37. The Morgan fingerprint density at radius 2 is 1.96 bits per heavy atom. The highest BCUT2D eigenvalue weighted by molar-refractivity contribution is 6.04. The molecule has 8 heteroatoms. The number of nitrogens with one attached hydrogen (secondary N) is 3. The highest BCUT2D eigenvalue weighted by Gasteiger charge is 2.29. The van der Waals surface area contributed by atoms with Crippen LogP contribution in [0.3, 0.4) is 0 Å². The molecule has 0 spiro atoms. The molecule has 0 unspecified atom stereocenters. The topological polar surface area (TPSA) is 113 Å². The van der Waals surface area contributed by atoms with Gasteiger partial charge in [0.25, 0.3) is 5.91 Å². The first kappa shape index (κ1) is 17.5. The Morgan fingerprint density at radius 1 is 1.15 bits per heavy atom. The summed E-state index contributed by atoms with van der Waals surface area (Å²) in [7, 11) is 0. The standard InChI is InChI=1S/C18H19N5O3/c24-16(7-6-14-17(25)23-18(26)22-14)20-11-9-15-19-10-8-13(21-15)12-4-2-1-3-5-12/h1-5,8,10,14H,6-7,9,11H2,(H,20,24)(H2,22,23,25,26)/t14-/m1/s1. The monoisotopic (exact) mass is 353 g/mol. The molecule has 0 saturated carbocycles. The number of hydrogen-bond acceptors (Lipinski definition) is 5. The lowest BCUT2D eigenvalue weighted by Gasteiger charge is -2.08. The van der Waals surface area contributed by atoms with Gasteiger partial charge in [0.2, 0.25) is 5.91 Å². The summed E-state index contributed by atoms with van der Waals surface area (Å²) in [5.41, 5.74) is 1.85. The lowest BCUT2D eigenvalue weighted by atomic mass is 10.1. The minimum absolute atomic E-state index is 0.156. The van der Waals surface area contributed by atoms with E-state index >= 15 is 0 Å². The van der Waals surface area contributed by atoms with Crippen molar-refractivity contribution in [2.75, 3.05) is 6.54 Å². The Hall–Kier alpha value is -3.29. The van der Waals surface area contributed by atoms with E-state index in [0.29, 0.717) is 18.8 Å². The molecule has 2 heterocycles. The third-order valence-electron chi connectivity index (χ3n) is 3.96. The maximum absolute atomic E-state index is 11.9. The summed E-state index contributed by atoms with van der Waals surface area (Å²) in [5, 5.41) is 7.38. The molecule has 8 nitrogen and oxygen atoms in total. The van der Waals surface area contributed by atoms with Crippen LogP contribution in [-0.4, -0.2) is 40.4 Å². The molecule has 4 amide bonds. The molecule has 1 aromatic carbocycles. The van der Waals surface area contributed by atoms with Gasteiger partial charge in [-0.1, -0.05) is 30.3 Å². The second-order valence-corrected chi connectivity index (χ2v) is 5.88. The minimum Gasteiger partial charge on any atom is -0.356 e. The molecule has 3 rings (SSSR count). The van der Waals surface area contributed by atoms with E-state index in [2.05, 4.69) is 25.9 Å². The molecule has 1 aromatic heterocycles. The van der Waals surface area contributed by atoms with Gasteiger partial charge >= 0.3 is 6.03 Å². The Labute approximate surface area is 150 Å². The molecular weight excluding hydrogens is 334 g/mol. The normalized spacial score (nSPS) is 16.1. The van der Waals surface area contributed by atoms with Crippen molar-refractivity contribution in [3.05, 3.63) is 48.4 Å². The van der Waals surface area contributed by atoms with Crippen molar-refractivity contribution in [1.29, 1.82) is 0 Å². The van der Waals surface area contributed by atoms with Crippen molar-refractivity contribution in [2.24, 2.45) is 0 Å². The molecule has 0 bridgehead atoms. The minimum atomic E-state index is -0.640. The third-order valence-corrected chi connectivity index (χ3v) is 3.96. The molecule has 1 saturated heterocycles. The van der Waals surface area contributed by atoms with Crippen molar-refractivity contribution < 1.29 is 14.4 Å². The second-order valence-electron chi connectivity index (χ2n) is 5.88. The molecule has 1 aliphatic heterocycles. The van der Waals surface area contributed by atoms with E-state index in [-0.39, 0.29) is 18.7 Å². The van der Waals surface area contributed by atoms with Gasteiger partial charge in [-0.3, -0.25) is 14.9 Å². The van der Waals surface area contributed by atoms with Crippen LogP contribution in [-0.2, 0) is 16.0 Å². The number of carbonyl (C=O) groups is 3. The van der Waals surface area contributed by atoms with Crippen LogP contribution in [0.4, 0.5) is 4.79 Å². The number of rotatable bonds is 7. The molecule has 0 aliphatic carbocycles. The van der Waals surface area contributed by atoms with Crippen LogP contribution < -0.4 is 16.0 Å². The number of imide groups is 1. The molecule has 2 aromatic rings. The van der Waals surface area contributed by atoms with Crippen LogP contribution >= 0.6 is 0 Å². The van der Waals surface area contributed by atoms with Crippen molar-refractivity contribution in [1.82, 2.24) is 25.9 Å². The number of urea groups is 1. The molecule has 1 atom stereocenters. The van der Waals surface area contributed by atoms with Gasteiger partial charge < -0.3 is 10.6 Å². The highest BCUT2D eigenvalue weighted by atomic mass is 16.2. The molecule has 3 N–H and O–H groups in total. The average molecular weight is 353 g/mol. The van der Waals surface area contributed by atoms with E-state index in [1.807, 2.05) is 36.4 Å². The number of hydrogen-bond donors (Lipinski definition) is 3. The number of amides is 4. The first-order valence-corrected chi connectivity index (χ1v) is 8.37. The van der Waals surface area contributed by atoms with Crippen LogP contribution in [0.25, 0.3) is 11.3 Å². The van der Waals surface area contributed by atoms with Gasteiger partial charge in [0.05, 0.1) is 5.69 Å². The Bertz CT molecular complexity index is 809. The van der Waals surface area contributed by atoms with Crippen LogP contribution in [0, 0.1) is 0 Å². The fraction of sp³-hybridized carbons (Fsp3) is 0.278. The van der Waals surface area contributed by atoms with Gasteiger partial charge in [-0.25, -0.2) is 14.8 Å². The Kier molecular flexibility index (Phi) is 5.52. The molecule has 1 aliphatic rings. The van der Waals surface area contributed by atoms with E-state index < -0.39 is 18.0 Å². The zero-order valence-electron chi connectivity index (χ0n) is 14.1. The summed E-state index contributed by atoms with van der Waals surface area (Å²) in [5.74, 6) is 0.0705. The number of nitrogens with zero attached hydrogens (tertiary/aromatic N) is 2. The maximum Gasteiger partial charge on any atom is 0.322 e. The summed E-state index contributed by atoms with van der Waals surface area (Å²) in [6.45, 7) is 0.403. The van der Waals surface area contributed by atoms with Crippen molar-refractivity contribution in [3.8, 4) is 11.3 Å². The van der Waals surface area contributed by atoms with Gasteiger partial charge in [-0.15, -0.1) is 0 Å². The molecule has 134 valence electrons. The predicted octanol–water partition coefficient (Wildman–Crippen LogP) is 0.791. The van der Waals surface area contributed by atoms with Gasteiger partial charge in [-0.2, -0.15) is 0 Å². The van der Waals surface area contributed by atoms with Gasteiger partial charge in [-0.05, 0) is 12.5 Å². The van der Waals surface area contributed by atoms with Gasteiger partial charge in [0.15, 0.2) is 0 Å². The quantitative estimate of drug-likeness (QED) is 0.637. The smallest absolute Gasteiger partial charge is 0.322 e. The van der Waals surface area contributed by atoms with E-state index in [1.165, 1.54) is 0 Å². The predicted molar refractivity (Wildman–Crippen MR) is 93.9 cm³/mol. The SMILES string of the molecule is O=C(CC[C@H]1NC(=O)NC1=O)NCCc1nccc(-c2ccccc2)n1. The molecule has 26 heavy (non-hydrogen) atoms. The zero-order valence-corrected chi connectivity index (χ0v) is 14.1. The number of carbonyl (C=O) groups excluding carboxylic acids is 3. The van der Waals surface area contributed by atoms with Crippen LogP contribution in [0.2, 0.25) is 0 Å². The van der Waals surface area contributed by atoms with Crippen LogP contribution in [0.5, 0.6) is 0 Å². The van der Waals surface area contributed by atoms with Crippen molar-refractivity contribution in [3.63, 3.8) is 0 Å². The fourth-order valence-electron chi connectivity index (χ4n) is 2.63. The van der Waals surface area contributed by atoms with E-state index in [1.54, 1.807) is 6.20 Å². The summed E-state index contributed by atoms with van der Waals surface area (Å²) in [6, 6.07) is 10.5. The zero-order chi connectivity index (χ0) is 18.4. The summed E-state index contributed by atoms with van der Waals surface area (Å²) < 4.78 is 0. The second kappa shape index (κ2) is 8.19. The van der Waals surface area contributed by atoms with Gasteiger partial charge in [0.1, 0.15) is 11.9 Å². The average Bonchev–Trinajstić information content (AvgIpc) is 2.98. The van der Waals surface area contributed by atoms with Crippen molar-refractivity contribution >= 4 is 17.8 Å². The largest absolute Gasteiger partial charge is 0.356 e. The lowest BCUT2D eigenvalue weighted by Crippen LogP contribution is -2.32. The third kappa shape index (κ3) is 4.62. The first-order chi connectivity index (χ1) is 12.6. The van der Waals surface area contributed by atoms with Crippen LogP contribution in [0.15, 0.2) is 42.6 Å².